The van der Waals surface area contributed by atoms with E-state index in [1.54, 1.807) is 6.07 Å². The van der Waals surface area contributed by atoms with Crippen LogP contribution in [0, 0.1) is 0 Å². The monoisotopic (exact) mass is 418 g/mol. The second kappa shape index (κ2) is 6.70. The van der Waals surface area contributed by atoms with Crippen LogP contribution < -0.4 is 0 Å². The highest BCUT2D eigenvalue weighted by molar-refractivity contribution is 8.08. The van der Waals surface area contributed by atoms with Crippen LogP contribution in [0.2, 0.25) is 5.02 Å². The quantitative estimate of drug-likeness (QED) is 0.451. The molecular formula is C23H18ClF3S. The Morgan fingerprint density at radius 2 is 1.86 bits per heavy atom. The van der Waals surface area contributed by atoms with Gasteiger partial charge in [0.05, 0.1) is 10.6 Å². The fraction of sp³-hybridized carbons (Fsp3) is 0.304. The van der Waals surface area contributed by atoms with Crippen molar-refractivity contribution < 1.29 is 13.2 Å². The van der Waals surface area contributed by atoms with Crippen LogP contribution in [0.4, 0.5) is 13.2 Å². The van der Waals surface area contributed by atoms with Crippen LogP contribution in [0.5, 0.6) is 0 Å². The van der Waals surface area contributed by atoms with Gasteiger partial charge in [0.15, 0.2) is 0 Å². The molecule has 0 unspecified atom stereocenters. The van der Waals surface area contributed by atoms with Crippen LogP contribution in [0.3, 0.4) is 0 Å². The van der Waals surface area contributed by atoms with Gasteiger partial charge in [0.25, 0.3) is 0 Å². The van der Waals surface area contributed by atoms with Crippen molar-refractivity contribution >= 4 is 44.6 Å². The molecule has 0 N–H and O–H groups in total. The predicted octanol–water partition coefficient (Wildman–Crippen LogP) is 8.04. The van der Waals surface area contributed by atoms with Gasteiger partial charge in [0, 0.05) is 16.2 Å². The fourth-order valence-corrected chi connectivity index (χ4v) is 6.03. The van der Waals surface area contributed by atoms with E-state index in [2.05, 4.69) is 12.2 Å². The third kappa shape index (κ3) is 2.84. The number of hydrogen-bond donors (Lipinski definition) is 0. The molecule has 0 amide bonds. The third-order valence-electron chi connectivity index (χ3n) is 5.87. The van der Waals surface area contributed by atoms with E-state index in [1.807, 2.05) is 18.2 Å². The van der Waals surface area contributed by atoms with Crippen LogP contribution in [-0.2, 0) is 12.6 Å². The fourth-order valence-electron chi connectivity index (χ4n) is 4.67. The van der Waals surface area contributed by atoms with Gasteiger partial charge in [0.1, 0.15) is 0 Å². The zero-order chi connectivity index (χ0) is 19.5. The van der Waals surface area contributed by atoms with Crippen molar-refractivity contribution in [1.29, 1.82) is 0 Å². The molecule has 1 aliphatic heterocycles. The predicted molar refractivity (Wildman–Crippen MR) is 113 cm³/mol. The maximum Gasteiger partial charge on any atom is 0.418 e. The Morgan fingerprint density at radius 3 is 2.61 bits per heavy atom. The number of rotatable bonds is 1. The topological polar surface area (TPSA) is 0 Å². The van der Waals surface area contributed by atoms with Gasteiger partial charge < -0.3 is 0 Å². The van der Waals surface area contributed by atoms with Crippen molar-refractivity contribution in [2.24, 2.45) is 0 Å². The molecule has 144 valence electrons. The van der Waals surface area contributed by atoms with Gasteiger partial charge in [-0.1, -0.05) is 47.5 Å². The molecule has 0 aromatic heterocycles. The molecule has 5 heteroatoms. The SMILES string of the molecule is FC(F)(F)c1c(Cl)cc2c3c(ccc2c1C1=CCCS1)C1=C(CCC=C1)CC3. The highest BCUT2D eigenvalue weighted by atomic mass is 35.5. The molecule has 0 spiro atoms. The summed E-state index contributed by atoms with van der Waals surface area (Å²) >= 11 is 7.76. The van der Waals surface area contributed by atoms with E-state index in [1.165, 1.54) is 22.9 Å². The van der Waals surface area contributed by atoms with Crippen LogP contribution >= 0.6 is 23.4 Å². The largest absolute Gasteiger partial charge is 0.418 e. The van der Waals surface area contributed by atoms with Crippen molar-refractivity contribution in [2.75, 3.05) is 5.75 Å². The normalized spacial score (nSPS) is 19.1. The Bertz CT molecular complexity index is 1090. The summed E-state index contributed by atoms with van der Waals surface area (Å²) in [5.41, 5.74) is 4.56. The van der Waals surface area contributed by atoms with E-state index in [9.17, 15) is 13.2 Å². The second-order valence-corrected chi connectivity index (χ2v) is 9.00. The van der Waals surface area contributed by atoms with Crippen molar-refractivity contribution in [3.63, 3.8) is 0 Å². The second-order valence-electron chi connectivity index (χ2n) is 7.46. The number of aryl methyl sites for hydroxylation is 1. The minimum Gasteiger partial charge on any atom is -0.166 e. The zero-order valence-corrected chi connectivity index (χ0v) is 16.7. The molecular weight excluding hydrogens is 401 g/mol. The average Bonchev–Trinajstić information content (AvgIpc) is 3.20. The zero-order valence-electron chi connectivity index (χ0n) is 15.1. The lowest BCUT2D eigenvalue weighted by molar-refractivity contribution is -0.137. The first-order valence-electron chi connectivity index (χ1n) is 9.52. The lowest BCUT2D eigenvalue weighted by atomic mass is 9.79. The number of hydrogen-bond acceptors (Lipinski definition) is 1. The molecule has 0 nitrogen and oxygen atoms in total. The van der Waals surface area contributed by atoms with E-state index in [0.29, 0.717) is 10.3 Å². The van der Waals surface area contributed by atoms with Gasteiger partial charge in [-0.15, -0.1) is 11.8 Å². The third-order valence-corrected chi connectivity index (χ3v) is 7.29. The van der Waals surface area contributed by atoms with Gasteiger partial charge in [-0.3, -0.25) is 0 Å². The number of fused-ring (bicyclic) bond motifs is 4. The number of alkyl halides is 3. The van der Waals surface area contributed by atoms with Gasteiger partial charge in [-0.05, 0) is 65.6 Å². The molecule has 0 fully saturated rings. The molecule has 0 saturated carbocycles. The van der Waals surface area contributed by atoms with E-state index < -0.39 is 11.7 Å². The van der Waals surface area contributed by atoms with Gasteiger partial charge in [-0.25, -0.2) is 0 Å². The van der Waals surface area contributed by atoms with Crippen molar-refractivity contribution in [2.45, 2.75) is 38.3 Å². The maximum absolute atomic E-state index is 13.9. The summed E-state index contributed by atoms with van der Waals surface area (Å²) in [6.07, 6.45) is 6.54. The standard InChI is InChI=1S/C23H18ClF3S/c24-19-12-18-16-8-7-13-4-1-2-5-14(13)15(16)9-10-17(18)21(20-6-3-11-28-20)22(19)23(25,26)27/h2,5-6,9-10,12H,1,3-4,7-8,11H2. The van der Waals surface area contributed by atoms with Crippen LogP contribution in [-0.4, -0.2) is 5.75 Å². The summed E-state index contributed by atoms with van der Waals surface area (Å²) in [5, 5.41) is 1.33. The van der Waals surface area contributed by atoms with Crippen molar-refractivity contribution in [1.82, 2.24) is 0 Å². The lowest BCUT2D eigenvalue weighted by Gasteiger charge is -2.27. The number of allylic oxidation sites excluding steroid dienone is 5. The van der Waals surface area contributed by atoms with Gasteiger partial charge in [0.2, 0.25) is 0 Å². The molecule has 0 saturated heterocycles. The Morgan fingerprint density at radius 1 is 1.00 bits per heavy atom. The number of halogens is 4. The molecule has 5 rings (SSSR count). The van der Waals surface area contributed by atoms with E-state index >= 15 is 0 Å². The van der Waals surface area contributed by atoms with Crippen LogP contribution in [0.15, 0.2) is 42.0 Å². The minimum atomic E-state index is -4.48. The van der Waals surface area contributed by atoms with Gasteiger partial charge >= 0.3 is 6.18 Å². The first kappa shape index (κ1) is 18.4. The molecule has 0 atom stereocenters. The molecule has 2 aromatic carbocycles. The maximum atomic E-state index is 13.9. The highest BCUT2D eigenvalue weighted by Crippen LogP contribution is 2.50. The van der Waals surface area contributed by atoms with Crippen LogP contribution in [0.25, 0.3) is 21.3 Å². The lowest BCUT2D eigenvalue weighted by Crippen LogP contribution is -2.12. The first-order valence-corrected chi connectivity index (χ1v) is 10.9. The summed E-state index contributed by atoms with van der Waals surface area (Å²) in [6, 6.07) is 5.42. The van der Waals surface area contributed by atoms with Gasteiger partial charge in [-0.2, -0.15) is 13.2 Å². The molecule has 1 heterocycles. The Hall–Kier alpha value is -1.65. The highest BCUT2D eigenvalue weighted by Gasteiger charge is 2.38. The molecule has 28 heavy (non-hydrogen) atoms. The summed E-state index contributed by atoms with van der Waals surface area (Å²) in [5.74, 6) is 0.812. The van der Waals surface area contributed by atoms with E-state index in [4.69, 9.17) is 11.6 Å². The molecule has 3 aliphatic rings. The van der Waals surface area contributed by atoms with E-state index in [-0.39, 0.29) is 10.6 Å². The first-order chi connectivity index (χ1) is 13.4. The average molecular weight is 419 g/mol. The summed E-state index contributed by atoms with van der Waals surface area (Å²) in [7, 11) is 0. The summed E-state index contributed by atoms with van der Waals surface area (Å²) < 4.78 is 41.7. The Labute approximate surface area is 171 Å². The minimum absolute atomic E-state index is 0.198. The van der Waals surface area contributed by atoms with Crippen molar-refractivity contribution in [3.8, 4) is 0 Å². The van der Waals surface area contributed by atoms with Crippen molar-refractivity contribution in [3.05, 3.63) is 69.3 Å². The summed E-state index contributed by atoms with van der Waals surface area (Å²) in [6.45, 7) is 0. The molecule has 2 aliphatic carbocycles. The number of benzene rings is 2. The Kier molecular flexibility index (Phi) is 4.40. The number of thioether (sulfide) groups is 1. The molecule has 0 bridgehead atoms. The smallest absolute Gasteiger partial charge is 0.166 e. The summed E-state index contributed by atoms with van der Waals surface area (Å²) in [4.78, 5) is 0.702. The van der Waals surface area contributed by atoms with Crippen LogP contribution in [0.1, 0.15) is 47.9 Å². The van der Waals surface area contributed by atoms with E-state index in [0.717, 1.165) is 54.4 Å². The Balaban J connectivity index is 1.84. The molecule has 2 aromatic rings. The molecule has 0 radical (unpaired) electrons.